The van der Waals surface area contributed by atoms with Crippen molar-refractivity contribution >= 4 is 17.6 Å². The maximum absolute atomic E-state index is 12.7. The predicted octanol–water partition coefficient (Wildman–Crippen LogP) is 4.16. The summed E-state index contributed by atoms with van der Waals surface area (Å²) in [6.45, 7) is 8.14. The van der Waals surface area contributed by atoms with Crippen molar-refractivity contribution in [3.63, 3.8) is 0 Å². The summed E-state index contributed by atoms with van der Waals surface area (Å²) in [6.07, 6.45) is 1.66. The van der Waals surface area contributed by atoms with E-state index in [-0.39, 0.29) is 18.0 Å². The molecule has 0 aromatic heterocycles. The lowest BCUT2D eigenvalue weighted by Crippen LogP contribution is -2.39. The Kier molecular flexibility index (Phi) is 7.46. The third-order valence-electron chi connectivity index (χ3n) is 5.64. The van der Waals surface area contributed by atoms with Gasteiger partial charge in [0.15, 0.2) is 5.75 Å². The molecule has 1 amide bonds. The average molecular weight is 425 g/mol. The molecule has 2 atom stereocenters. The maximum atomic E-state index is 12.7. The molecule has 1 aliphatic rings. The summed E-state index contributed by atoms with van der Waals surface area (Å²) >= 11 is 0. The lowest BCUT2D eigenvalue weighted by molar-refractivity contribution is -0.116. The highest BCUT2D eigenvalue weighted by Crippen LogP contribution is 2.39. The fourth-order valence-electron chi connectivity index (χ4n) is 4.01. The van der Waals surface area contributed by atoms with Gasteiger partial charge < -0.3 is 20.5 Å². The number of fused-ring (bicyclic) bond motifs is 1. The number of hydrogen-bond acceptors (Lipinski definition) is 5. The van der Waals surface area contributed by atoms with Gasteiger partial charge in [-0.3, -0.25) is 4.79 Å². The van der Waals surface area contributed by atoms with Gasteiger partial charge in [-0.2, -0.15) is 0 Å². The number of aliphatic hydroxyl groups excluding tert-OH is 1. The second kappa shape index (κ2) is 10.1. The van der Waals surface area contributed by atoms with Crippen molar-refractivity contribution in [2.24, 2.45) is 0 Å². The number of carbonyl (C=O) groups is 2. The van der Waals surface area contributed by atoms with Crippen LogP contribution in [0.4, 0.5) is 5.69 Å². The number of aryl methyl sites for hydroxylation is 1. The molecule has 1 heterocycles. The summed E-state index contributed by atoms with van der Waals surface area (Å²) in [5.74, 6) is -0.300. The van der Waals surface area contributed by atoms with Gasteiger partial charge in [-0.15, -0.1) is 0 Å². The van der Waals surface area contributed by atoms with E-state index in [9.17, 15) is 14.7 Å². The highest BCUT2D eigenvalue weighted by molar-refractivity contribution is 5.98. The molecule has 0 saturated heterocycles. The van der Waals surface area contributed by atoms with Gasteiger partial charge in [-0.1, -0.05) is 45.9 Å². The fourth-order valence-corrected chi connectivity index (χ4v) is 4.01. The molecular formula is C25H32N2O4. The fraction of sp³-hybridized carbons (Fsp3) is 0.440. The van der Waals surface area contributed by atoms with Crippen LogP contribution in [0.3, 0.4) is 0 Å². The summed E-state index contributed by atoms with van der Waals surface area (Å²) in [5, 5.41) is 17.3. The highest BCUT2D eigenvalue weighted by atomic mass is 16.5. The van der Waals surface area contributed by atoms with E-state index in [0.29, 0.717) is 29.8 Å². The second-order valence-electron chi connectivity index (χ2n) is 8.28. The molecule has 0 bridgehead atoms. The molecule has 166 valence electrons. The molecule has 2 aromatic carbocycles. The standard InChI is InChI=1S/C25H32N2O4/c1-5-16-8-7-9-17(14-16)25(30)31-21-12-10-19(18-11-13-22(28)27-23(18)21)24(29)20(6-2)26-15(3)4/h7-10,12,14-15,20,24,26,29H,5-6,11,13H2,1-4H3,(H,27,28). The van der Waals surface area contributed by atoms with Crippen LogP contribution in [0.5, 0.6) is 5.75 Å². The number of ether oxygens (including phenoxy) is 1. The Morgan fingerprint density at radius 2 is 1.97 bits per heavy atom. The SMILES string of the molecule is CCc1cccc(C(=O)Oc2ccc(C(O)C(CC)NC(C)C)c3c2NC(=O)CC3)c1. The molecule has 0 radical (unpaired) electrons. The first kappa shape index (κ1) is 23.0. The van der Waals surface area contributed by atoms with E-state index in [2.05, 4.69) is 10.6 Å². The van der Waals surface area contributed by atoms with Crippen molar-refractivity contribution in [3.05, 3.63) is 58.7 Å². The van der Waals surface area contributed by atoms with E-state index < -0.39 is 12.1 Å². The number of benzene rings is 2. The van der Waals surface area contributed by atoms with Crippen LogP contribution in [0, 0.1) is 0 Å². The van der Waals surface area contributed by atoms with Gasteiger partial charge in [0.2, 0.25) is 5.91 Å². The predicted molar refractivity (Wildman–Crippen MR) is 121 cm³/mol. The summed E-state index contributed by atoms with van der Waals surface area (Å²) in [5.41, 5.74) is 3.57. The van der Waals surface area contributed by atoms with E-state index in [0.717, 1.165) is 29.5 Å². The first-order valence-corrected chi connectivity index (χ1v) is 11.0. The van der Waals surface area contributed by atoms with Crippen molar-refractivity contribution in [1.82, 2.24) is 5.32 Å². The van der Waals surface area contributed by atoms with E-state index >= 15 is 0 Å². The molecule has 31 heavy (non-hydrogen) atoms. The third kappa shape index (κ3) is 5.32. The highest BCUT2D eigenvalue weighted by Gasteiger charge is 2.29. The molecule has 0 spiro atoms. The van der Waals surface area contributed by atoms with E-state index in [1.165, 1.54) is 0 Å². The van der Waals surface area contributed by atoms with E-state index in [4.69, 9.17) is 4.74 Å². The number of carbonyl (C=O) groups excluding carboxylic acids is 2. The van der Waals surface area contributed by atoms with Gasteiger partial charge in [-0.05, 0) is 54.2 Å². The normalized spacial score (nSPS) is 15.2. The van der Waals surface area contributed by atoms with Crippen LogP contribution in [-0.4, -0.2) is 29.1 Å². The second-order valence-corrected chi connectivity index (χ2v) is 8.28. The number of esters is 1. The number of rotatable bonds is 8. The zero-order valence-electron chi connectivity index (χ0n) is 18.7. The summed E-state index contributed by atoms with van der Waals surface area (Å²) < 4.78 is 5.68. The minimum Gasteiger partial charge on any atom is -0.421 e. The number of anilines is 1. The van der Waals surface area contributed by atoms with Crippen LogP contribution >= 0.6 is 0 Å². The minimum atomic E-state index is -0.734. The zero-order valence-corrected chi connectivity index (χ0v) is 18.7. The number of aliphatic hydroxyl groups is 1. The molecule has 3 N–H and O–H groups in total. The van der Waals surface area contributed by atoms with Crippen molar-refractivity contribution in [2.75, 3.05) is 5.32 Å². The van der Waals surface area contributed by atoms with Gasteiger partial charge >= 0.3 is 5.97 Å². The maximum Gasteiger partial charge on any atom is 0.343 e. The summed E-state index contributed by atoms with van der Waals surface area (Å²) in [7, 11) is 0. The molecule has 0 saturated carbocycles. The molecule has 2 unspecified atom stereocenters. The van der Waals surface area contributed by atoms with Crippen molar-refractivity contribution in [3.8, 4) is 5.75 Å². The van der Waals surface area contributed by atoms with Gasteiger partial charge in [-0.25, -0.2) is 4.79 Å². The first-order chi connectivity index (χ1) is 14.8. The summed E-state index contributed by atoms with van der Waals surface area (Å²) in [4.78, 5) is 24.9. The largest absolute Gasteiger partial charge is 0.421 e. The smallest absolute Gasteiger partial charge is 0.343 e. The van der Waals surface area contributed by atoms with E-state index in [1.54, 1.807) is 18.2 Å². The Morgan fingerprint density at radius 1 is 1.19 bits per heavy atom. The van der Waals surface area contributed by atoms with Crippen LogP contribution in [0.2, 0.25) is 0 Å². The van der Waals surface area contributed by atoms with Gasteiger partial charge in [0.05, 0.1) is 17.4 Å². The van der Waals surface area contributed by atoms with Crippen LogP contribution in [0.25, 0.3) is 0 Å². The minimum absolute atomic E-state index is 0.119. The lowest BCUT2D eigenvalue weighted by atomic mass is 9.90. The van der Waals surface area contributed by atoms with Gasteiger partial charge in [0.25, 0.3) is 0 Å². The molecule has 0 aliphatic carbocycles. The third-order valence-corrected chi connectivity index (χ3v) is 5.64. The number of amides is 1. The van der Waals surface area contributed by atoms with Gasteiger partial charge in [0.1, 0.15) is 0 Å². The Bertz CT molecular complexity index is 955. The summed E-state index contributed by atoms with van der Waals surface area (Å²) in [6, 6.07) is 10.9. The molecule has 1 aliphatic heterocycles. The topological polar surface area (TPSA) is 87.7 Å². The molecule has 6 heteroatoms. The average Bonchev–Trinajstić information content (AvgIpc) is 2.77. The van der Waals surface area contributed by atoms with Crippen LogP contribution in [0.1, 0.15) is 73.7 Å². The first-order valence-electron chi connectivity index (χ1n) is 11.0. The molecule has 2 aromatic rings. The van der Waals surface area contributed by atoms with Crippen LogP contribution in [0.15, 0.2) is 36.4 Å². The van der Waals surface area contributed by atoms with Crippen molar-refractivity contribution in [1.29, 1.82) is 0 Å². The van der Waals surface area contributed by atoms with Crippen LogP contribution < -0.4 is 15.4 Å². The van der Waals surface area contributed by atoms with Crippen molar-refractivity contribution < 1.29 is 19.4 Å². The monoisotopic (exact) mass is 424 g/mol. The van der Waals surface area contributed by atoms with Crippen LogP contribution in [-0.2, 0) is 17.6 Å². The van der Waals surface area contributed by atoms with Crippen molar-refractivity contribution in [2.45, 2.75) is 71.6 Å². The van der Waals surface area contributed by atoms with E-state index in [1.807, 2.05) is 45.9 Å². The molecule has 3 rings (SSSR count). The molecule has 6 nitrogen and oxygen atoms in total. The number of hydrogen-bond donors (Lipinski definition) is 3. The van der Waals surface area contributed by atoms with Gasteiger partial charge in [0, 0.05) is 18.5 Å². The molecule has 0 fully saturated rings. The zero-order chi connectivity index (χ0) is 22.5. The Hall–Kier alpha value is -2.70. The molecular weight excluding hydrogens is 392 g/mol. The quantitative estimate of drug-likeness (QED) is 0.437. The Morgan fingerprint density at radius 3 is 2.65 bits per heavy atom. The lowest BCUT2D eigenvalue weighted by Gasteiger charge is -2.29. The Balaban J connectivity index is 1.94. The number of nitrogens with one attached hydrogen (secondary N) is 2. The Labute approximate surface area is 184 Å².